The zero-order chi connectivity index (χ0) is 20.3. The number of nitrogens with zero attached hydrogens (tertiary/aromatic N) is 3. The van der Waals surface area contributed by atoms with Gasteiger partial charge in [-0.1, -0.05) is 6.07 Å². The summed E-state index contributed by atoms with van der Waals surface area (Å²) in [6.45, 7) is 8.26. The van der Waals surface area contributed by atoms with Crippen molar-refractivity contribution in [3.8, 4) is 0 Å². The Hall–Kier alpha value is -3.42. The number of aromatic nitrogens is 3. The molecule has 0 radical (unpaired) electrons. The number of carbonyl (C=O) groups is 2. The van der Waals surface area contributed by atoms with Gasteiger partial charge in [-0.15, -0.1) is 0 Å². The number of benzene rings is 1. The summed E-state index contributed by atoms with van der Waals surface area (Å²) in [5.74, 6) is 0.00640. The van der Waals surface area contributed by atoms with Crippen molar-refractivity contribution in [3.63, 3.8) is 0 Å². The van der Waals surface area contributed by atoms with Gasteiger partial charge in [0.2, 0.25) is 0 Å². The molecule has 0 fully saturated rings. The first-order valence-corrected chi connectivity index (χ1v) is 9.12. The summed E-state index contributed by atoms with van der Waals surface area (Å²) in [5, 5.41) is 10.3. The van der Waals surface area contributed by atoms with Crippen molar-refractivity contribution in [1.82, 2.24) is 19.9 Å². The van der Waals surface area contributed by atoms with Gasteiger partial charge in [0.15, 0.2) is 5.82 Å². The van der Waals surface area contributed by atoms with Crippen LogP contribution in [0.2, 0.25) is 0 Å². The van der Waals surface area contributed by atoms with Crippen LogP contribution >= 0.6 is 0 Å². The van der Waals surface area contributed by atoms with Crippen LogP contribution in [0.4, 0.5) is 11.5 Å². The summed E-state index contributed by atoms with van der Waals surface area (Å²) in [6, 6.07) is 5.44. The van der Waals surface area contributed by atoms with Crippen LogP contribution in [0.5, 0.6) is 0 Å². The van der Waals surface area contributed by atoms with E-state index < -0.39 is 5.97 Å². The quantitative estimate of drug-likeness (QED) is 0.637. The molecule has 0 aliphatic rings. The molecule has 8 nitrogen and oxygen atoms in total. The van der Waals surface area contributed by atoms with Crippen molar-refractivity contribution in [3.05, 3.63) is 53.0 Å². The number of carbonyl (C=O) groups excluding carboxylic acids is 2. The number of hydrogen-bond acceptors (Lipinski definition) is 6. The largest absolute Gasteiger partial charge is 0.462 e. The fourth-order valence-corrected chi connectivity index (χ4v) is 2.95. The topological polar surface area (TPSA) is 97.6 Å². The zero-order valence-corrected chi connectivity index (χ0v) is 16.4. The van der Waals surface area contributed by atoms with Crippen molar-refractivity contribution >= 4 is 28.9 Å². The van der Waals surface area contributed by atoms with E-state index in [4.69, 9.17) is 4.74 Å². The van der Waals surface area contributed by atoms with Gasteiger partial charge in [0.1, 0.15) is 11.8 Å². The van der Waals surface area contributed by atoms with Gasteiger partial charge in [-0.05, 0) is 51.0 Å². The van der Waals surface area contributed by atoms with Gasteiger partial charge in [-0.3, -0.25) is 4.79 Å². The molecule has 28 heavy (non-hydrogen) atoms. The maximum Gasteiger partial charge on any atom is 0.340 e. The van der Waals surface area contributed by atoms with Crippen molar-refractivity contribution in [2.75, 3.05) is 18.5 Å². The highest BCUT2D eigenvalue weighted by Crippen LogP contribution is 2.27. The van der Waals surface area contributed by atoms with Gasteiger partial charge < -0.3 is 15.4 Å². The zero-order valence-electron chi connectivity index (χ0n) is 16.4. The van der Waals surface area contributed by atoms with E-state index in [1.54, 1.807) is 29.8 Å². The fourth-order valence-electron chi connectivity index (χ4n) is 2.95. The molecule has 0 spiro atoms. The van der Waals surface area contributed by atoms with Crippen LogP contribution in [-0.2, 0) is 4.74 Å². The average molecular weight is 381 g/mol. The Morgan fingerprint density at radius 2 is 2.00 bits per heavy atom. The summed E-state index contributed by atoms with van der Waals surface area (Å²) in [7, 11) is 0. The van der Waals surface area contributed by atoms with Crippen LogP contribution in [0.1, 0.15) is 45.7 Å². The maximum absolute atomic E-state index is 12.2. The minimum absolute atomic E-state index is 0.137. The molecule has 2 aromatic heterocycles. The maximum atomic E-state index is 12.2. The molecule has 2 N–H and O–H groups in total. The minimum atomic E-state index is -0.397. The summed E-state index contributed by atoms with van der Waals surface area (Å²) in [6.07, 6.45) is 3.04. The number of ether oxygens (including phenoxy) is 1. The highest BCUT2D eigenvalue weighted by molar-refractivity contribution is 5.97. The highest BCUT2D eigenvalue weighted by Gasteiger charge is 2.19. The van der Waals surface area contributed by atoms with Crippen LogP contribution in [0.15, 0.2) is 30.7 Å². The fraction of sp³-hybridized carbons (Fsp3) is 0.300. The van der Waals surface area contributed by atoms with Crippen molar-refractivity contribution in [1.29, 1.82) is 0 Å². The van der Waals surface area contributed by atoms with Gasteiger partial charge >= 0.3 is 5.97 Å². The average Bonchev–Trinajstić information content (AvgIpc) is 3.02. The van der Waals surface area contributed by atoms with Gasteiger partial charge in [0.25, 0.3) is 5.91 Å². The van der Waals surface area contributed by atoms with Crippen LogP contribution in [0, 0.1) is 13.8 Å². The molecule has 0 unspecified atom stereocenters. The van der Waals surface area contributed by atoms with E-state index in [2.05, 4.69) is 20.7 Å². The molecule has 1 aromatic carbocycles. The molecule has 0 aliphatic heterocycles. The van der Waals surface area contributed by atoms with E-state index >= 15 is 0 Å². The Labute approximate surface area is 162 Å². The monoisotopic (exact) mass is 381 g/mol. The van der Waals surface area contributed by atoms with E-state index in [1.165, 1.54) is 6.33 Å². The molecule has 0 bridgehead atoms. The second-order valence-corrected chi connectivity index (χ2v) is 6.30. The van der Waals surface area contributed by atoms with Gasteiger partial charge in [0.05, 0.1) is 12.2 Å². The number of nitrogens with one attached hydrogen (secondary N) is 2. The number of anilines is 2. The first-order valence-electron chi connectivity index (χ1n) is 9.12. The highest BCUT2D eigenvalue weighted by atomic mass is 16.5. The molecule has 146 valence electrons. The lowest BCUT2D eigenvalue weighted by atomic mass is 10.1. The van der Waals surface area contributed by atoms with E-state index in [1.807, 2.05) is 26.8 Å². The van der Waals surface area contributed by atoms with Gasteiger partial charge in [0, 0.05) is 24.0 Å². The molecule has 1 amide bonds. The summed E-state index contributed by atoms with van der Waals surface area (Å²) in [4.78, 5) is 28.7. The number of amides is 1. The number of aryl methyl sites for hydroxylation is 2. The molecular weight excluding hydrogens is 358 g/mol. The standard InChI is InChI=1S/C20H23N5O3/c1-5-21-19(26)14-8-7-12(3)16(9-14)24-18-17-13(4)15(20(27)28-6-2)10-25(17)23-11-22-18/h7-11H,5-6H2,1-4H3,(H,21,26)(H,22,23,24). The molecule has 0 atom stereocenters. The predicted molar refractivity (Wildman–Crippen MR) is 106 cm³/mol. The van der Waals surface area contributed by atoms with Crippen molar-refractivity contribution in [2.24, 2.45) is 0 Å². The summed E-state index contributed by atoms with van der Waals surface area (Å²) < 4.78 is 6.71. The number of fused-ring (bicyclic) bond motifs is 1. The second-order valence-electron chi connectivity index (χ2n) is 6.30. The molecular formula is C20H23N5O3. The van der Waals surface area contributed by atoms with Crippen LogP contribution < -0.4 is 10.6 Å². The molecule has 8 heteroatoms. The van der Waals surface area contributed by atoms with E-state index in [-0.39, 0.29) is 5.91 Å². The Kier molecular flexibility index (Phi) is 5.58. The summed E-state index contributed by atoms with van der Waals surface area (Å²) in [5.41, 5.74) is 4.10. The summed E-state index contributed by atoms with van der Waals surface area (Å²) >= 11 is 0. The third-order valence-electron chi connectivity index (χ3n) is 4.41. The Bertz CT molecular complexity index is 1040. The molecule has 0 saturated heterocycles. The van der Waals surface area contributed by atoms with Crippen LogP contribution in [-0.4, -0.2) is 39.6 Å². The lowest BCUT2D eigenvalue weighted by Gasteiger charge is -2.12. The van der Waals surface area contributed by atoms with Crippen LogP contribution in [0.3, 0.4) is 0 Å². The van der Waals surface area contributed by atoms with E-state index in [0.717, 1.165) is 16.8 Å². The number of hydrogen-bond donors (Lipinski definition) is 2. The normalized spacial score (nSPS) is 10.7. The molecule has 2 heterocycles. The first kappa shape index (κ1) is 19.3. The van der Waals surface area contributed by atoms with E-state index in [9.17, 15) is 9.59 Å². The Morgan fingerprint density at radius 1 is 1.21 bits per heavy atom. The number of rotatable bonds is 6. The SMILES string of the molecule is CCNC(=O)c1ccc(C)c(Nc2ncnn3cc(C(=O)OCC)c(C)c23)c1. The Balaban J connectivity index is 2.02. The molecule has 0 saturated carbocycles. The number of esters is 1. The second kappa shape index (κ2) is 8.08. The van der Waals surface area contributed by atoms with Crippen molar-refractivity contribution < 1.29 is 14.3 Å². The molecule has 3 aromatic rings. The minimum Gasteiger partial charge on any atom is -0.462 e. The van der Waals surface area contributed by atoms with Gasteiger partial charge in [-0.25, -0.2) is 14.3 Å². The Morgan fingerprint density at radius 3 is 2.71 bits per heavy atom. The first-order chi connectivity index (χ1) is 13.5. The van der Waals surface area contributed by atoms with Crippen LogP contribution in [0.25, 0.3) is 5.52 Å². The third kappa shape index (κ3) is 3.66. The predicted octanol–water partition coefficient (Wildman–Crippen LogP) is 3.02. The van der Waals surface area contributed by atoms with E-state index in [0.29, 0.717) is 35.6 Å². The lowest BCUT2D eigenvalue weighted by molar-refractivity contribution is 0.0525. The lowest BCUT2D eigenvalue weighted by Crippen LogP contribution is -2.22. The molecule has 0 aliphatic carbocycles. The third-order valence-corrected chi connectivity index (χ3v) is 4.41. The van der Waals surface area contributed by atoms with Gasteiger partial charge in [-0.2, -0.15) is 5.10 Å². The van der Waals surface area contributed by atoms with Crippen molar-refractivity contribution in [2.45, 2.75) is 27.7 Å². The smallest absolute Gasteiger partial charge is 0.340 e. The molecule has 3 rings (SSSR count).